The maximum Gasteiger partial charge on any atom is 0.320 e. The summed E-state index contributed by atoms with van der Waals surface area (Å²) in [6.07, 6.45) is 6.13. The van der Waals surface area contributed by atoms with Gasteiger partial charge in [-0.15, -0.1) is 5.10 Å². The van der Waals surface area contributed by atoms with E-state index in [9.17, 15) is 14.4 Å². The van der Waals surface area contributed by atoms with Crippen molar-refractivity contribution >= 4 is 41.1 Å². The van der Waals surface area contributed by atoms with E-state index in [4.69, 9.17) is 37.7 Å². The highest BCUT2D eigenvalue weighted by Crippen LogP contribution is 2.42. The number of carbonyl (C=O) groups excluding carboxylic acids is 3. The number of pyridine rings is 1. The van der Waals surface area contributed by atoms with Crippen LogP contribution in [0.25, 0.3) is 5.69 Å². The standard InChI is InChI=1S/C40H48Cl2N10O5/c1-3-57-36(53)26-49-20-22-50(23-21-49)38(55)45-40(35-6-4-5-15-43-35)13-17-48(18-14-40)16-11-39(29-7-9-32(41)33(42)24-29)12-19-51(27-39)37(54)31-25-30(8-10-34(31)56-2)52-28-44-46-47-52/h4-10,15,24-25,28H,3,11-14,16-23,26-27H2,1-2H3,(H,45,55). The molecule has 3 amide bonds. The van der Waals surface area contributed by atoms with Crippen LogP contribution in [0, 0.1) is 0 Å². The third-order valence-corrected chi connectivity index (χ3v) is 12.4. The molecule has 1 atom stereocenters. The second-order valence-electron chi connectivity index (χ2n) is 14.9. The van der Waals surface area contributed by atoms with Crippen LogP contribution in [-0.2, 0) is 20.5 Å². The van der Waals surface area contributed by atoms with Crippen molar-refractivity contribution in [3.63, 3.8) is 0 Å². The van der Waals surface area contributed by atoms with E-state index in [-0.39, 0.29) is 29.9 Å². The summed E-state index contributed by atoms with van der Waals surface area (Å²) in [5, 5.41) is 15.8. The first-order valence-electron chi connectivity index (χ1n) is 19.4. The Morgan fingerprint density at radius 1 is 0.877 bits per heavy atom. The van der Waals surface area contributed by atoms with Gasteiger partial charge in [-0.05, 0) is 97.6 Å². The van der Waals surface area contributed by atoms with Gasteiger partial charge in [0.25, 0.3) is 5.91 Å². The van der Waals surface area contributed by atoms with Crippen molar-refractivity contribution in [1.82, 2.24) is 50.1 Å². The number of hydrogen-bond donors (Lipinski definition) is 1. The van der Waals surface area contributed by atoms with Crippen LogP contribution in [0.1, 0.15) is 54.2 Å². The summed E-state index contributed by atoms with van der Waals surface area (Å²) in [7, 11) is 1.55. The van der Waals surface area contributed by atoms with Crippen LogP contribution in [0.4, 0.5) is 4.79 Å². The van der Waals surface area contributed by atoms with Crippen LogP contribution in [-0.4, -0.2) is 142 Å². The number of ether oxygens (including phenoxy) is 2. The molecule has 2 aromatic carbocycles. The Hall–Kier alpha value is -4.83. The van der Waals surface area contributed by atoms with Crippen LogP contribution in [0.5, 0.6) is 5.75 Å². The zero-order chi connectivity index (χ0) is 40.0. The number of carbonyl (C=O) groups is 3. The molecule has 1 N–H and O–H groups in total. The number of rotatable bonds is 12. The second kappa shape index (κ2) is 17.8. The van der Waals surface area contributed by atoms with Crippen LogP contribution in [0.3, 0.4) is 0 Å². The quantitative estimate of drug-likeness (QED) is 0.202. The number of likely N-dealkylation sites (tertiary alicyclic amines) is 2. The predicted octanol–water partition coefficient (Wildman–Crippen LogP) is 4.43. The summed E-state index contributed by atoms with van der Waals surface area (Å²) < 4.78 is 12.2. The first-order valence-corrected chi connectivity index (χ1v) is 20.1. The summed E-state index contributed by atoms with van der Waals surface area (Å²) in [6.45, 7) is 7.89. The minimum absolute atomic E-state index is 0.126. The SMILES string of the molecule is CCOC(=O)CN1CCN(C(=O)NC2(c3ccccn3)CCN(CCC3(c4ccc(Cl)c(Cl)c4)CCN(C(=O)c4cc(-n5cnnn5)ccc4OC)C3)CC2)CC1. The lowest BCUT2D eigenvalue weighted by atomic mass is 9.76. The Balaban J connectivity index is 1.04. The van der Waals surface area contributed by atoms with Gasteiger partial charge in [-0.3, -0.25) is 19.5 Å². The molecule has 2 aromatic heterocycles. The van der Waals surface area contributed by atoms with Gasteiger partial charge in [-0.2, -0.15) is 0 Å². The smallest absolute Gasteiger partial charge is 0.320 e. The Labute approximate surface area is 342 Å². The number of amides is 3. The van der Waals surface area contributed by atoms with E-state index in [2.05, 4.69) is 25.7 Å². The number of nitrogens with zero attached hydrogens (tertiary/aromatic N) is 9. The van der Waals surface area contributed by atoms with E-state index in [1.807, 2.05) is 51.1 Å². The lowest BCUT2D eigenvalue weighted by Crippen LogP contribution is -2.59. The number of benzene rings is 2. The molecule has 302 valence electrons. The summed E-state index contributed by atoms with van der Waals surface area (Å²) >= 11 is 13.0. The Bertz CT molecular complexity index is 2020. The summed E-state index contributed by atoms with van der Waals surface area (Å²) in [6, 6.07) is 16.8. The molecule has 3 fully saturated rings. The number of urea groups is 1. The Morgan fingerprint density at radius 2 is 1.68 bits per heavy atom. The van der Waals surface area contributed by atoms with Gasteiger partial charge in [0, 0.05) is 64.0 Å². The lowest BCUT2D eigenvalue weighted by Gasteiger charge is -2.44. The lowest BCUT2D eigenvalue weighted by molar-refractivity contribution is -0.144. The number of tetrazole rings is 1. The van der Waals surface area contributed by atoms with Crippen molar-refractivity contribution in [2.45, 2.75) is 43.6 Å². The van der Waals surface area contributed by atoms with Gasteiger partial charge >= 0.3 is 12.0 Å². The van der Waals surface area contributed by atoms with Crippen LogP contribution in [0.2, 0.25) is 10.0 Å². The third-order valence-electron chi connectivity index (χ3n) is 11.6. The number of piperazine rings is 1. The van der Waals surface area contributed by atoms with Gasteiger partial charge in [-0.25, -0.2) is 9.48 Å². The third kappa shape index (κ3) is 9.01. The van der Waals surface area contributed by atoms with E-state index in [0.717, 1.165) is 43.7 Å². The maximum absolute atomic E-state index is 14.2. The van der Waals surface area contributed by atoms with Crippen molar-refractivity contribution in [3.05, 3.63) is 94.0 Å². The molecule has 1 unspecified atom stereocenters. The highest BCUT2D eigenvalue weighted by molar-refractivity contribution is 6.42. The number of halogens is 2. The van der Waals surface area contributed by atoms with E-state index < -0.39 is 5.54 Å². The molecule has 0 bridgehead atoms. The van der Waals surface area contributed by atoms with Gasteiger partial charge in [-0.1, -0.05) is 35.3 Å². The molecule has 0 spiro atoms. The molecule has 0 saturated carbocycles. The largest absolute Gasteiger partial charge is 0.496 e. The summed E-state index contributed by atoms with van der Waals surface area (Å²) in [5.41, 5.74) is 1.94. The van der Waals surface area contributed by atoms with Gasteiger partial charge < -0.3 is 29.5 Å². The van der Waals surface area contributed by atoms with Crippen LogP contribution >= 0.6 is 23.2 Å². The van der Waals surface area contributed by atoms with Crippen molar-refractivity contribution in [2.24, 2.45) is 0 Å². The number of aromatic nitrogens is 5. The minimum Gasteiger partial charge on any atom is -0.496 e. The van der Waals surface area contributed by atoms with Gasteiger partial charge in [0.15, 0.2) is 0 Å². The van der Waals surface area contributed by atoms with Crippen molar-refractivity contribution in [2.75, 3.05) is 79.2 Å². The monoisotopic (exact) mass is 818 g/mol. The Morgan fingerprint density at radius 3 is 2.37 bits per heavy atom. The molecule has 7 rings (SSSR count). The molecular formula is C40H48Cl2N10O5. The molecule has 3 saturated heterocycles. The zero-order valence-electron chi connectivity index (χ0n) is 32.3. The zero-order valence-corrected chi connectivity index (χ0v) is 33.8. The molecule has 57 heavy (non-hydrogen) atoms. The van der Waals surface area contributed by atoms with Crippen molar-refractivity contribution < 1.29 is 23.9 Å². The number of esters is 1. The highest BCUT2D eigenvalue weighted by atomic mass is 35.5. The maximum atomic E-state index is 14.2. The average molecular weight is 820 g/mol. The van der Waals surface area contributed by atoms with Gasteiger partial charge in [0.1, 0.15) is 12.1 Å². The summed E-state index contributed by atoms with van der Waals surface area (Å²) in [4.78, 5) is 53.0. The first kappa shape index (κ1) is 40.4. The average Bonchev–Trinajstić information content (AvgIpc) is 3.94. The van der Waals surface area contributed by atoms with E-state index in [0.29, 0.717) is 85.8 Å². The van der Waals surface area contributed by atoms with Crippen LogP contribution in [0.15, 0.2) is 67.1 Å². The summed E-state index contributed by atoms with van der Waals surface area (Å²) in [5.74, 6) is 0.0808. The highest BCUT2D eigenvalue weighted by Gasteiger charge is 2.44. The molecule has 0 aliphatic carbocycles. The molecule has 0 radical (unpaired) electrons. The topological polar surface area (TPSA) is 151 Å². The van der Waals surface area contributed by atoms with E-state index in [1.54, 1.807) is 38.4 Å². The number of hydrogen-bond acceptors (Lipinski definition) is 11. The Kier molecular flexibility index (Phi) is 12.6. The number of piperidine rings is 1. The van der Waals surface area contributed by atoms with Gasteiger partial charge in [0.2, 0.25) is 0 Å². The molecule has 15 nitrogen and oxygen atoms in total. The predicted molar refractivity (Wildman–Crippen MR) is 214 cm³/mol. The van der Waals surface area contributed by atoms with Crippen molar-refractivity contribution in [1.29, 1.82) is 0 Å². The second-order valence-corrected chi connectivity index (χ2v) is 15.7. The fourth-order valence-corrected chi connectivity index (χ4v) is 8.61. The van der Waals surface area contributed by atoms with E-state index in [1.165, 1.54) is 11.0 Å². The fourth-order valence-electron chi connectivity index (χ4n) is 8.31. The fraction of sp³-hybridized carbons (Fsp3) is 0.475. The van der Waals surface area contributed by atoms with Crippen molar-refractivity contribution in [3.8, 4) is 11.4 Å². The first-order chi connectivity index (χ1) is 27.6. The molecule has 5 heterocycles. The number of nitrogens with one attached hydrogen (secondary N) is 1. The van der Waals surface area contributed by atoms with E-state index >= 15 is 0 Å². The number of methoxy groups -OCH3 is 1. The molecular weight excluding hydrogens is 771 g/mol. The minimum atomic E-state index is -0.634. The molecule has 4 aromatic rings. The molecule has 3 aliphatic rings. The normalized spacial score (nSPS) is 20.0. The molecule has 17 heteroatoms. The molecule has 3 aliphatic heterocycles. The van der Waals surface area contributed by atoms with Gasteiger partial charge in [0.05, 0.1) is 52.8 Å². The van der Waals surface area contributed by atoms with Crippen LogP contribution < -0.4 is 10.1 Å².